The Labute approximate surface area is 407 Å². The number of hydrogen-bond acceptors (Lipinski definition) is 6. The lowest BCUT2D eigenvalue weighted by Gasteiger charge is -2.46. The molecule has 0 bridgehead atoms. The summed E-state index contributed by atoms with van der Waals surface area (Å²) in [4.78, 5) is 31.5. The van der Waals surface area contributed by atoms with Crippen LogP contribution in [0.3, 0.4) is 0 Å². The van der Waals surface area contributed by atoms with E-state index in [1.807, 2.05) is 60.7 Å². The van der Waals surface area contributed by atoms with Crippen LogP contribution in [0.1, 0.15) is 47.2 Å². The number of aromatic nitrogens is 6. The second-order valence-corrected chi connectivity index (χ2v) is 18.6. The van der Waals surface area contributed by atoms with Crippen LogP contribution in [0.4, 0.5) is 0 Å². The van der Waals surface area contributed by atoms with Crippen molar-refractivity contribution in [3.63, 3.8) is 0 Å². The molecule has 0 unspecified atom stereocenters. The molecule has 6 nitrogen and oxygen atoms in total. The zero-order valence-corrected chi connectivity index (χ0v) is 38.6. The Balaban J connectivity index is 1.09. The molecule has 0 aliphatic heterocycles. The van der Waals surface area contributed by atoms with Crippen molar-refractivity contribution < 1.29 is 0 Å². The topological polar surface area (TPSA) is 77.3 Å². The fourth-order valence-electron chi connectivity index (χ4n) is 11.0. The van der Waals surface area contributed by atoms with Crippen molar-refractivity contribution in [1.29, 1.82) is 0 Å². The molecule has 2 aromatic heterocycles. The predicted molar refractivity (Wildman–Crippen MR) is 281 cm³/mol. The molecule has 0 amide bonds. The molecular formula is C64H44N6. The molecule has 2 aliphatic carbocycles. The molecule has 0 saturated heterocycles. The highest BCUT2D eigenvalue weighted by molar-refractivity contribution is 5.97. The monoisotopic (exact) mass is 896 g/mol. The molecule has 13 rings (SSSR count). The summed E-state index contributed by atoms with van der Waals surface area (Å²) in [6.45, 7) is 4.71. The van der Waals surface area contributed by atoms with Gasteiger partial charge in [0.25, 0.3) is 0 Å². The smallest absolute Gasteiger partial charge is 0.164 e. The van der Waals surface area contributed by atoms with Gasteiger partial charge in [0.1, 0.15) is 0 Å². The van der Waals surface area contributed by atoms with E-state index in [1.54, 1.807) is 0 Å². The molecule has 0 fully saturated rings. The van der Waals surface area contributed by atoms with E-state index in [4.69, 9.17) is 29.9 Å². The molecule has 6 heteroatoms. The Kier molecular flexibility index (Phi) is 9.63. The van der Waals surface area contributed by atoms with E-state index in [2.05, 4.69) is 184 Å². The Bertz CT molecular complexity index is 3690. The van der Waals surface area contributed by atoms with Crippen molar-refractivity contribution in [2.45, 2.75) is 24.7 Å². The molecule has 330 valence electrons. The SMILES string of the molecule is CC1(C)c2ccccc2C2(c3ccc(-c4nc(-c5ccccc5)nc(-c5cccc(-c6ccccc6)c5)n4)cc3-c3c(-c4nc(-c5ccccc5)nc(-c5ccccc5)n4)cccc32)c2ccccc21. The van der Waals surface area contributed by atoms with Crippen molar-refractivity contribution >= 4 is 0 Å². The van der Waals surface area contributed by atoms with E-state index < -0.39 is 5.41 Å². The number of hydrogen-bond donors (Lipinski definition) is 0. The summed E-state index contributed by atoms with van der Waals surface area (Å²) in [5.74, 6) is 3.61. The average molecular weight is 897 g/mol. The Hall–Kier alpha value is -9.00. The summed E-state index contributed by atoms with van der Waals surface area (Å²) in [7, 11) is 0. The van der Waals surface area contributed by atoms with Gasteiger partial charge in [-0.05, 0) is 67.8 Å². The van der Waals surface area contributed by atoms with Crippen LogP contribution in [0.2, 0.25) is 0 Å². The normalized spacial score (nSPS) is 13.5. The minimum Gasteiger partial charge on any atom is -0.208 e. The molecule has 2 aliphatic rings. The lowest BCUT2D eigenvalue weighted by molar-refractivity contribution is 0.563. The van der Waals surface area contributed by atoms with Gasteiger partial charge in [0, 0.05) is 38.8 Å². The molecule has 2 heterocycles. The van der Waals surface area contributed by atoms with E-state index in [0.29, 0.717) is 34.9 Å². The third-order valence-electron chi connectivity index (χ3n) is 14.3. The highest BCUT2D eigenvalue weighted by atomic mass is 15.0. The minimum atomic E-state index is -0.670. The van der Waals surface area contributed by atoms with Gasteiger partial charge in [-0.25, -0.2) is 29.9 Å². The first kappa shape index (κ1) is 41.2. The third kappa shape index (κ3) is 6.56. The van der Waals surface area contributed by atoms with Crippen LogP contribution in [-0.2, 0) is 10.8 Å². The first-order valence-electron chi connectivity index (χ1n) is 23.8. The van der Waals surface area contributed by atoms with Crippen LogP contribution in [-0.4, -0.2) is 29.9 Å². The molecule has 11 aromatic rings. The maximum Gasteiger partial charge on any atom is 0.164 e. The Morgan fingerprint density at radius 3 is 1.13 bits per heavy atom. The molecule has 1 spiro atoms. The minimum absolute atomic E-state index is 0.255. The lowest BCUT2D eigenvalue weighted by Crippen LogP contribution is -2.40. The van der Waals surface area contributed by atoms with Crippen molar-refractivity contribution in [3.8, 4) is 90.6 Å². The quantitative estimate of drug-likeness (QED) is 0.159. The molecule has 70 heavy (non-hydrogen) atoms. The van der Waals surface area contributed by atoms with Crippen LogP contribution in [0.25, 0.3) is 90.6 Å². The number of benzene rings is 9. The summed E-state index contributed by atoms with van der Waals surface area (Å²) in [6, 6.07) is 80.9. The molecule has 9 aromatic carbocycles. The zero-order valence-electron chi connectivity index (χ0n) is 38.6. The van der Waals surface area contributed by atoms with E-state index >= 15 is 0 Å². The van der Waals surface area contributed by atoms with Gasteiger partial charge in [-0.3, -0.25) is 0 Å². The van der Waals surface area contributed by atoms with Crippen LogP contribution < -0.4 is 0 Å². The number of nitrogens with zero attached hydrogens (tertiary/aromatic N) is 6. The van der Waals surface area contributed by atoms with Gasteiger partial charge < -0.3 is 0 Å². The first-order chi connectivity index (χ1) is 34.4. The van der Waals surface area contributed by atoms with E-state index in [9.17, 15) is 0 Å². The second kappa shape index (κ2) is 16.4. The summed E-state index contributed by atoms with van der Waals surface area (Å²) in [6.07, 6.45) is 0. The summed E-state index contributed by atoms with van der Waals surface area (Å²) >= 11 is 0. The lowest BCUT2D eigenvalue weighted by atomic mass is 9.55. The van der Waals surface area contributed by atoms with Gasteiger partial charge in [-0.15, -0.1) is 0 Å². The molecule has 0 atom stereocenters. The van der Waals surface area contributed by atoms with Gasteiger partial charge in [0.05, 0.1) is 5.41 Å². The van der Waals surface area contributed by atoms with Gasteiger partial charge in [-0.1, -0.05) is 232 Å². The highest BCUT2D eigenvalue weighted by Gasteiger charge is 2.54. The molecule has 0 saturated carbocycles. The van der Waals surface area contributed by atoms with Crippen LogP contribution in [0.15, 0.2) is 231 Å². The summed E-state index contributed by atoms with van der Waals surface area (Å²) < 4.78 is 0. The van der Waals surface area contributed by atoms with Crippen LogP contribution in [0, 0.1) is 0 Å². The summed E-state index contributed by atoms with van der Waals surface area (Å²) in [5, 5.41) is 0. The van der Waals surface area contributed by atoms with Crippen molar-refractivity contribution in [1.82, 2.24) is 29.9 Å². The standard InChI is InChI=1S/C64H44N6/c1-63(2)51-32-15-17-34-53(51)64(54-35-18-16-33-52(54)63)50-38-37-47(61-67-57(42-23-9-4-10-24-42)66-60(68-61)46-30-19-29-45(39-46)41-21-7-3-8-22-41)40-49(50)56-48(31-20-36-55(56)64)62-69-58(43-25-11-5-12-26-43)65-59(70-62)44-27-13-6-14-28-44/h3-40H,1-2H3. The maximum absolute atomic E-state index is 5.34. The van der Waals surface area contributed by atoms with E-state index in [0.717, 1.165) is 55.6 Å². The predicted octanol–water partition coefficient (Wildman–Crippen LogP) is 14.7. The van der Waals surface area contributed by atoms with Gasteiger partial charge in [-0.2, -0.15) is 0 Å². The molecule has 0 radical (unpaired) electrons. The zero-order chi connectivity index (χ0) is 46.8. The van der Waals surface area contributed by atoms with Crippen molar-refractivity contribution in [3.05, 3.63) is 264 Å². The Morgan fingerprint density at radius 2 is 0.614 bits per heavy atom. The first-order valence-corrected chi connectivity index (χ1v) is 23.8. The van der Waals surface area contributed by atoms with E-state index in [1.165, 1.54) is 33.4 Å². The van der Waals surface area contributed by atoms with Crippen molar-refractivity contribution in [2.24, 2.45) is 0 Å². The molecular weight excluding hydrogens is 853 g/mol. The molecule has 0 N–H and O–H groups in total. The number of fused-ring (bicyclic) bond motifs is 9. The average Bonchev–Trinajstić information content (AvgIpc) is 3.74. The van der Waals surface area contributed by atoms with Gasteiger partial charge in [0.15, 0.2) is 34.9 Å². The van der Waals surface area contributed by atoms with E-state index in [-0.39, 0.29) is 5.41 Å². The third-order valence-corrected chi connectivity index (χ3v) is 14.3. The van der Waals surface area contributed by atoms with Crippen molar-refractivity contribution in [2.75, 3.05) is 0 Å². The second-order valence-electron chi connectivity index (χ2n) is 18.6. The fraction of sp³-hybridized carbons (Fsp3) is 0.0625. The van der Waals surface area contributed by atoms with Crippen LogP contribution >= 0.6 is 0 Å². The largest absolute Gasteiger partial charge is 0.208 e. The maximum atomic E-state index is 5.34. The summed E-state index contributed by atoms with van der Waals surface area (Å²) in [5.41, 5.74) is 16.4. The van der Waals surface area contributed by atoms with Crippen LogP contribution in [0.5, 0.6) is 0 Å². The number of rotatable bonds is 7. The highest BCUT2D eigenvalue weighted by Crippen LogP contribution is 2.63. The fourth-order valence-corrected chi connectivity index (χ4v) is 11.0. The van der Waals surface area contributed by atoms with Gasteiger partial charge >= 0.3 is 0 Å². The Morgan fingerprint density at radius 1 is 0.243 bits per heavy atom. The van der Waals surface area contributed by atoms with Gasteiger partial charge in [0.2, 0.25) is 0 Å².